The van der Waals surface area contributed by atoms with Crippen LogP contribution in [0.3, 0.4) is 0 Å². The molecule has 3 rings (SSSR count). The van der Waals surface area contributed by atoms with Crippen LogP contribution in [0.2, 0.25) is 0 Å². The molecule has 0 bridgehead atoms. The normalized spacial score (nSPS) is 14.8. The predicted molar refractivity (Wildman–Crippen MR) is 126 cm³/mol. The summed E-state index contributed by atoms with van der Waals surface area (Å²) in [5, 5.41) is 2.93. The number of rotatable bonds is 8. The number of piperidine rings is 1. The van der Waals surface area contributed by atoms with Crippen LogP contribution in [0.1, 0.15) is 41.5 Å². The van der Waals surface area contributed by atoms with Gasteiger partial charge in [-0.3, -0.25) is 14.6 Å². The summed E-state index contributed by atoms with van der Waals surface area (Å²) in [6, 6.07) is 7.41. The SMILES string of the molecule is Cc1cc(C)c(S(=O)(=O)NCCC(=O)N2CCC(C(=O)NCc3cccnc3)CC2)c(C)c1. The number of hydrogen-bond acceptors (Lipinski definition) is 5. The second kappa shape index (κ2) is 10.9. The van der Waals surface area contributed by atoms with E-state index in [1.165, 1.54) is 0 Å². The van der Waals surface area contributed by atoms with Gasteiger partial charge in [0.15, 0.2) is 0 Å². The smallest absolute Gasteiger partial charge is 0.241 e. The van der Waals surface area contributed by atoms with Crippen molar-refractivity contribution >= 4 is 21.8 Å². The summed E-state index contributed by atoms with van der Waals surface area (Å²) in [5.74, 6) is -0.247. The second-order valence-corrected chi connectivity index (χ2v) is 10.3. The van der Waals surface area contributed by atoms with E-state index in [4.69, 9.17) is 0 Å². The standard InChI is InChI=1S/C24H32N4O4S/c1-17-13-18(2)23(19(3)14-17)33(31,32)27-10-6-22(29)28-11-7-21(8-12-28)24(30)26-16-20-5-4-9-25-15-20/h4-5,9,13-15,21,27H,6-8,10-12,16H2,1-3H3,(H,26,30). The van der Waals surface area contributed by atoms with Crippen LogP contribution in [0.15, 0.2) is 41.6 Å². The largest absolute Gasteiger partial charge is 0.352 e. The van der Waals surface area contributed by atoms with Crippen molar-refractivity contribution < 1.29 is 18.0 Å². The molecule has 9 heteroatoms. The van der Waals surface area contributed by atoms with Gasteiger partial charge in [-0.15, -0.1) is 0 Å². The minimum atomic E-state index is -3.69. The third-order valence-electron chi connectivity index (χ3n) is 5.91. The van der Waals surface area contributed by atoms with Crippen molar-refractivity contribution in [3.8, 4) is 0 Å². The number of nitrogens with one attached hydrogen (secondary N) is 2. The molecule has 1 aromatic heterocycles. The van der Waals surface area contributed by atoms with E-state index in [0.717, 1.165) is 11.1 Å². The highest BCUT2D eigenvalue weighted by Crippen LogP contribution is 2.22. The summed E-state index contributed by atoms with van der Waals surface area (Å²) < 4.78 is 28.0. The van der Waals surface area contributed by atoms with Gasteiger partial charge in [0, 0.05) is 50.9 Å². The Hall–Kier alpha value is -2.78. The number of hydrogen-bond donors (Lipinski definition) is 2. The highest BCUT2D eigenvalue weighted by atomic mass is 32.2. The number of benzene rings is 1. The van der Waals surface area contributed by atoms with Crippen LogP contribution in [-0.4, -0.2) is 49.8 Å². The zero-order valence-corrected chi connectivity index (χ0v) is 20.2. The fourth-order valence-corrected chi connectivity index (χ4v) is 5.82. The van der Waals surface area contributed by atoms with Gasteiger partial charge in [0.05, 0.1) is 4.90 Å². The molecular formula is C24H32N4O4S. The summed E-state index contributed by atoms with van der Waals surface area (Å²) in [7, 11) is -3.69. The Morgan fingerprint density at radius 1 is 1.12 bits per heavy atom. The van der Waals surface area contributed by atoms with E-state index in [2.05, 4.69) is 15.0 Å². The Morgan fingerprint density at radius 2 is 1.79 bits per heavy atom. The van der Waals surface area contributed by atoms with Crippen LogP contribution in [-0.2, 0) is 26.2 Å². The monoisotopic (exact) mass is 472 g/mol. The maximum Gasteiger partial charge on any atom is 0.241 e. The summed E-state index contributed by atoms with van der Waals surface area (Å²) in [5.41, 5.74) is 3.33. The maximum atomic E-state index is 12.7. The third kappa shape index (κ3) is 6.61. The number of carbonyl (C=O) groups is 2. The van der Waals surface area contributed by atoms with E-state index in [0.29, 0.717) is 43.6 Å². The van der Waals surface area contributed by atoms with Crippen molar-refractivity contribution in [3.63, 3.8) is 0 Å². The Morgan fingerprint density at radius 3 is 2.39 bits per heavy atom. The second-order valence-electron chi connectivity index (χ2n) is 8.61. The zero-order valence-electron chi connectivity index (χ0n) is 19.4. The summed E-state index contributed by atoms with van der Waals surface area (Å²) in [4.78, 5) is 31.0. The number of sulfonamides is 1. The van der Waals surface area contributed by atoms with Gasteiger partial charge in [0.2, 0.25) is 21.8 Å². The van der Waals surface area contributed by atoms with Crippen LogP contribution >= 0.6 is 0 Å². The van der Waals surface area contributed by atoms with E-state index in [-0.39, 0.29) is 35.6 Å². The van der Waals surface area contributed by atoms with E-state index in [1.807, 2.05) is 31.2 Å². The van der Waals surface area contributed by atoms with Crippen molar-refractivity contribution in [1.82, 2.24) is 19.9 Å². The zero-order chi connectivity index (χ0) is 24.0. The molecule has 0 spiro atoms. The molecule has 1 aliphatic heterocycles. The molecule has 8 nitrogen and oxygen atoms in total. The minimum Gasteiger partial charge on any atom is -0.352 e. The topological polar surface area (TPSA) is 108 Å². The highest BCUT2D eigenvalue weighted by Gasteiger charge is 2.27. The molecule has 1 saturated heterocycles. The van der Waals surface area contributed by atoms with Crippen molar-refractivity contribution in [2.45, 2.75) is 51.5 Å². The fourth-order valence-electron chi connectivity index (χ4n) is 4.34. The Labute approximate surface area is 195 Å². The molecule has 0 saturated carbocycles. The van der Waals surface area contributed by atoms with Crippen LogP contribution in [0, 0.1) is 26.7 Å². The highest BCUT2D eigenvalue weighted by molar-refractivity contribution is 7.89. The van der Waals surface area contributed by atoms with E-state index in [1.54, 1.807) is 31.1 Å². The first-order valence-electron chi connectivity index (χ1n) is 11.2. The quantitative estimate of drug-likeness (QED) is 0.613. The molecule has 1 fully saturated rings. The minimum absolute atomic E-state index is 0.0115. The number of nitrogens with zero attached hydrogens (tertiary/aromatic N) is 2. The molecule has 0 aliphatic carbocycles. The number of aryl methyl sites for hydroxylation is 3. The van der Waals surface area contributed by atoms with E-state index in [9.17, 15) is 18.0 Å². The fraction of sp³-hybridized carbons (Fsp3) is 0.458. The molecule has 1 aliphatic rings. The molecule has 33 heavy (non-hydrogen) atoms. The van der Waals surface area contributed by atoms with Gasteiger partial charge in [-0.1, -0.05) is 23.8 Å². The number of amides is 2. The molecular weight excluding hydrogens is 440 g/mol. The molecule has 2 N–H and O–H groups in total. The summed E-state index contributed by atoms with van der Waals surface area (Å²) >= 11 is 0. The lowest BCUT2D eigenvalue weighted by molar-refractivity contribution is -0.135. The lowest BCUT2D eigenvalue weighted by Crippen LogP contribution is -2.43. The van der Waals surface area contributed by atoms with Gasteiger partial charge >= 0.3 is 0 Å². The van der Waals surface area contributed by atoms with Crippen molar-refractivity contribution in [1.29, 1.82) is 0 Å². The van der Waals surface area contributed by atoms with Gasteiger partial charge in [-0.2, -0.15) is 0 Å². The van der Waals surface area contributed by atoms with Crippen molar-refractivity contribution in [2.75, 3.05) is 19.6 Å². The molecule has 2 heterocycles. The Balaban J connectivity index is 1.43. The van der Waals surface area contributed by atoms with Crippen LogP contribution in [0.4, 0.5) is 0 Å². The maximum absolute atomic E-state index is 12.7. The van der Waals surface area contributed by atoms with Gasteiger partial charge in [-0.25, -0.2) is 13.1 Å². The average Bonchev–Trinajstić information content (AvgIpc) is 2.77. The molecule has 2 aromatic rings. The van der Waals surface area contributed by atoms with Crippen molar-refractivity contribution in [2.24, 2.45) is 5.92 Å². The van der Waals surface area contributed by atoms with Crippen molar-refractivity contribution in [3.05, 3.63) is 58.9 Å². The van der Waals surface area contributed by atoms with E-state index < -0.39 is 10.0 Å². The lowest BCUT2D eigenvalue weighted by atomic mass is 9.95. The molecule has 1 aromatic carbocycles. The van der Waals surface area contributed by atoms with Gasteiger partial charge < -0.3 is 10.2 Å². The molecule has 0 unspecified atom stereocenters. The first kappa shape index (κ1) is 24.9. The van der Waals surface area contributed by atoms with Gasteiger partial charge in [0.1, 0.15) is 0 Å². The first-order valence-corrected chi connectivity index (χ1v) is 12.7. The number of carbonyl (C=O) groups excluding carboxylic acids is 2. The third-order valence-corrected chi connectivity index (χ3v) is 7.68. The van der Waals surface area contributed by atoms with Crippen LogP contribution in [0.25, 0.3) is 0 Å². The average molecular weight is 473 g/mol. The molecule has 0 atom stereocenters. The van der Waals surface area contributed by atoms with Crippen LogP contribution < -0.4 is 10.0 Å². The molecule has 0 radical (unpaired) electrons. The summed E-state index contributed by atoms with van der Waals surface area (Å²) in [6.07, 6.45) is 4.68. The first-order chi connectivity index (χ1) is 15.7. The Bertz CT molecular complexity index is 1070. The number of aromatic nitrogens is 1. The number of likely N-dealkylation sites (tertiary alicyclic amines) is 1. The summed E-state index contributed by atoms with van der Waals surface area (Å²) in [6.45, 7) is 6.94. The van der Waals surface area contributed by atoms with Crippen LogP contribution in [0.5, 0.6) is 0 Å². The van der Waals surface area contributed by atoms with E-state index >= 15 is 0 Å². The number of pyridine rings is 1. The van der Waals surface area contributed by atoms with Gasteiger partial charge in [0.25, 0.3) is 0 Å². The lowest BCUT2D eigenvalue weighted by Gasteiger charge is -2.31. The molecule has 2 amide bonds. The molecule has 178 valence electrons. The Kier molecular flexibility index (Phi) is 8.20. The van der Waals surface area contributed by atoms with Gasteiger partial charge in [-0.05, 0) is 56.4 Å². The predicted octanol–water partition coefficient (Wildman–Crippen LogP) is 2.23.